The number of aromatic hydroxyl groups is 1. The van der Waals surface area contributed by atoms with E-state index in [1.807, 2.05) is 77.4 Å². The first-order valence-corrected chi connectivity index (χ1v) is 45.7. The van der Waals surface area contributed by atoms with Crippen LogP contribution in [-0.2, 0) is 87.8 Å². The maximum Gasteiger partial charge on any atom is 0.298 e. The summed E-state index contributed by atoms with van der Waals surface area (Å²) in [6.07, 6.45) is 7.76. The van der Waals surface area contributed by atoms with Crippen molar-refractivity contribution in [1.29, 1.82) is 0 Å². The lowest BCUT2D eigenvalue weighted by molar-refractivity contribution is -0.124. The van der Waals surface area contributed by atoms with Gasteiger partial charge in [-0.3, -0.25) is 33.6 Å². The molecular weight excluding hydrogens is 1610 g/mol. The molecule has 0 spiro atoms. The molecule has 1 N–H and O–H groups in total. The van der Waals surface area contributed by atoms with Gasteiger partial charge in [-0.25, -0.2) is 33.7 Å². The molecule has 27 nitrogen and oxygen atoms in total. The maximum atomic E-state index is 13.6. The number of ketones is 3. The van der Waals surface area contributed by atoms with E-state index >= 15 is 0 Å². The van der Waals surface area contributed by atoms with E-state index in [2.05, 4.69) is 12.8 Å². The number of sulfonamides is 3. The van der Waals surface area contributed by atoms with E-state index in [1.54, 1.807) is 64.6 Å². The molecule has 116 heavy (non-hydrogen) atoms. The largest absolute Gasteiger partial charge is 0.508 e. The number of nitroso groups, excluding NO2 is 1. The van der Waals surface area contributed by atoms with Gasteiger partial charge in [-0.1, -0.05) is 67.1 Å². The van der Waals surface area contributed by atoms with Crippen LogP contribution >= 0.6 is 24.2 Å². The molecule has 0 saturated carbocycles. The summed E-state index contributed by atoms with van der Waals surface area (Å²) >= 11 is 4.01. The number of carbonyl (C=O) groups is 7. The number of rotatable bonds is 29. The van der Waals surface area contributed by atoms with E-state index in [0.29, 0.717) is 113 Å². The molecular formula is C83H89N7O20S6. The number of benzene rings is 8. The molecule has 6 aliphatic heterocycles. The smallest absolute Gasteiger partial charge is 0.298 e. The zero-order valence-corrected chi connectivity index (χ0v) is 69.1. The zero-order chi connectivity index (χ0) is 82.8. The predicted octanol–water partition coefficient (Wildman–Crippen LogP) is 11.6. The van der Waals surface area contributed by atoms with Crippen molar-refractivity contribution in [3.63, 3.8) is 0 Å². The van der Waals surface area contributed by atoms with Crippen LogP contribution in [0.2, 0.25) is 0 Å². The summed E-state index contributed by atoms with van der Waals surface area (Å²) < 4.78 is 124. The van der Waals surface area contributed by atoms with E-state index in [4.69, 9.17) is 19.1 Å². The number of sulfone groups is 1. The van der Waals surface area contributed by atoms with Crippen molar-refractivity contribution in [2.75, 3.05) is 106 Å². The van der Waals surface area contributed by atoms with Gasteiger partial charge in [0.2, 0.25) is 20.0 Å². The predicted molar refractivity (Wildman–Crippen MR) is 445 cm³/mol. The zero-order valence-electron chi connectivity index (χ0n) is 64.1. The van der Waals surface area contributed by atoms with Gasteiger partial charge in [0.25, 0.3) is 34.2 Å². The fourth-order valence-electron chi connectivity index (χ4n) is 16.2. The molecule has 612 valence electrons. The van der Waals surface area contributed by atoms with Crippen molar-refractivity contribution in [3.8, 4) is 11.5 Å². The third kappa shape index (κ3) is 18.6. The molecule has 9 aromatic rings. The van der Waals surface area contributed by atoms with Gasteiger partial charge < -0.3 is 34.0 Å². The maximum absolute atomic E-state index is 13.6. The summed E-state index contributed by atoms with van der Waals surface area (Å²) in [5, 5.41) is 16.2. The SMILES string of the molecule is COCCCN1C(=O)c2cccc3c(CC(=O)C4CCCN(S(=O)(=O)c5ccc(O)cc5)C4)ccc1c23.COCCCN1C(=O)c2cccc3c(CC(=O)C4CCCN(S(=O)(=O)c5ccc(OC=O)cc5)C4)ccc1c23.CS(=O)(=O)CCCN1C(=O)c2cccc3c(CC(=O)C4CCCCN4S(=O)(=O)c4cccs4)ccc1c23.O=NS. The van der Waals surface area contributed by atoms with Gasteiger partial charge in [0.15, 0.2) is 5.78 Å². The fraction of sp³-hybridized carbons (Fsp3) is 0.361. The van der Waals surface area contributed by atoms with Gasteiger partial charge in [0, 0.05) is 167 Å². The molecule has 15 rings (SSSR count). The number of phenols is 1. The minimum Gasteiger partial charge on any atom is -0.508 e. The van der Waals surface area contributed by atoms with Crippen molar-refractivity contribution in [1.82, 2.24) is 12.9 Å². The van der Waals surface area contributed by atoms with Gasteiger partial charge >= 0.3 is 0 Å². The van der Waals surface area contributed by atoms with Crippen LogP contribution in [0.4, 0.5) is 17.1 Å². The number of phenolic OH excluding ortho intramolecular Hbond substituents is 1. The van der Waals surface area contributed by atoms with Crippen LogP contribution in [0.15, 0.2) is 176 Å². The number of carbonyl (C=O) groups excluding carboxylic acids is 7. The second kappa shape index (κ2) is 37.4. The summed E-state index contributed by atoms with van der Waals surface area (Å²) in [6, 6.07) is 41.5. The Balaban J connectivity index is 0.000000158. The Morgan fingerprint density at radius 2 is 0.940 bits per heavy atom. The molecule has 0 aliphatic carbocycles. The van der Waals surface area contributed by atoms with E-state index in [1.165, 1.54) is 67.7 Å². The number of ether oxygens (including phenoxy) is 3. The van der Waals surface area contributed by atoms with Crippen LogP contribution in [0, 0.1) is 16.7 Å². The number of thiophene rings is 1. The first kappa shape index (κ1) is 85.8. The normalized spacial score (nSPS) is 17.7. The van der Waals surface area contributed by atoms with Crippen molar-refractivity contribution in [2.24, 2.45) is 16.4 Å². The highest BCUT2D eigenvalue weighted by molar-refractivity contribution is 7.91. The summed E-state index contributed by atoms with van der Waals surface area (Å²) in [5.41, 5.74) is 6.63. The Hall–Kier alpha value is -9.52. The second-order valence-electron chi connectivity index (χ2n) is 29.1. The average molecular weight is 1700 g/mol. The molecule has 3 atom stereocenters. The molecule has 6 aliphatic rings. The summed E-state index contributed by atoms with van der Waals surface area (Å²) in [6.45, 7) is 4.05. The minimum atomic E-state index is -3.81. The number of methoxy groups -OCH3 is 2. The monoisotopic (exact) mass is 1700 g/mol. The number of hydrogen-bond acceptors (Lipinski definition) is 22. The number of Topliss-reactive ketones (excluding diaryl/α,β-unsaturated/α-hetero) is 3. The topological polar surface area (TPSA) is 353 Å². The second-order valence-corrected chi connectivity index (χ2v) is 38.5. The Bertz CT molecular complexity index is 5720. The summed E-state index contributed by atoms with van der Waals surface area (Å²) in [5.74, 6) is -1.05. The van der Waals surface area contributed by atoms with Crippen LogP contribution in [0.1, 0.15) is 112 Å². The van der Waals surface area contributed by atoms with Gasteiger partial charge in [-0.15, -0.1) is 16.2 Å². The molecule has 8 aromatic carbocycles. The van der Waals surface area contributed by atoms with Crippen LogP contribution < -0.4 is 19.4 Å². The lowest BCUT2D eigenvalue weighted by Crippen LogP contribution is -2.48. The molecule has 3 saturated heterocycles. The standard InChI is InChI=1S/C29H30N2O7S.C28H30N2O6S.C26H28N2O6S3.HNOS/c1-37-16-4-15-31-26-13-8-20(24-6-2-7-25(28(24)26)29(31)34)17-27(33)21-5-3-14-30(18-21)39(35,36)23-11-9-22(10-12-23)38-19-32;1-36-16-4-15-30-25-13-8-19(23-6-2-7-24(27(23)25)28(30)33)17-26(32)20-5-3-14-29(18-20)37(34,35)22-11-9-21(31)10-12-22;1-36(31,32)16-6-13-27-22-12-11-18(19-7-4-8-20(25(19)22)26(27)30)17-23(29)21-9-2-3-14-28(21)37(33,34)24-10-5-15-35-24;2-1-3/h2,6-13,19,21H,3-5,14-18H2,1H3;2,6-13,20,31H,3-5,14-18H2,1H3;4-5,7-8,10-12,15,21H,2-3,6,9,13-14,16-17H2,1H3;(H,2,3). The highest BCUT2D eigenvalue weighted by Crippen LogP contribution is 2.44. The van der Waals surface area contributed by atoms with Crippen molar-refractivity contribution < 1.29 is 86.6 Å². The summed E-state index contributed by atoms with van der Waals surface area (Å²) in [7, 11) is -11.2. The molecule has 3 fully saturated rings. The summed E-state index contributed by atoms with van der Waals surface area (Å²) in [4.78, 5) is 104. The lowest BCUT2D eigenvalue weighted by atomic mass is 9.89. The van der Waals surface area contributed by atoms with Crippen LogP contribution in [-0.4, -0.2) is 191 Å². The fourth-order valence-corrected chi connectivity index (χ4v) is 22.7. The minimum absolute atomic E-state index is 0.00388. The number of nitrogens with zero attached hydrogens (tertiary/aromatic N) is 7. The molecule has 0 bridgehead atoms. The van der Waals surface area contributed by atoms with Crippen molar-refractivity contribution in [3.05, 3.63) is 195 Å². The van der Waals surface area contributed by atoms with Gasteiger partial charge in [-0.05, 0) is 187 Å². The Labute approximate surface area is 683 Å². The quantitative estimate of drug-likeness (QED) is 0.0190. The molecule has 7 heterocycles. The van der Waals surface area contributed by atoms with Gasteiger partial charge in [-0.2, -0.15) is 12.9 Å². The lowest BCUT2D eigenvalue weighted by Gasteiger charge is -2.33. The Kier molecular flexibility index (Phi) is 27.7. The number of thiol groups is 1. The number of hydrogen-bond donors (Lipinski definition) is 2. The van der Waals surface area contributed by atoms with Crippen molar-refractivity contribution in [2.45, 2.75) is 104 Å². The molecule has 1 aromatic heterocycles. The molecule has 3 amide bonds. The van der Waals surface area contributed by atoms with E-state index in [0.717, 1.165) is 91.0 Å². The van der Waals surface area contributed by atoms with Gasteiger partial charge in [0.05, 0.1) is 38.6 Å². The molecule has 3 unspecified atom stereocenters. The van der Waals surface area contributed by atoms with Crippen LogP contribution in [0.5, 0.6) is 11.5 Å². The van der Waals surface area contributed by atoms with E-state index < -0.39 is 57.8 Å². The first-order chi connectivity index (χ1) is 55.6. The van der Waals surface area contributed by atoms with Crippen molar-refractivity contribution >= 4 is 155 Å². The highest BCUT2D eigenvalue weighted by Gasteiger charge is 2.41. The van der Waals surface area contributed by atoms with E-state index in [9.17, 15) is 72.3 Å². The average Bonchev–Trinajstić information content (AvgIpc) is 1.60. The number of piperidine rings is 3. The first-order valence-electron chi connectivity index (χ1n) is 38.0. The molecule has 33 heteroatoms. The van der Waals surface area contributed by atoms with E-state index in [-0.39, 0.29) is 112 Å². The Morgan fingerprint density at radius 3 is 1.34 bits per heavy atom. The molecule has 0 radical (unpaired) electrons. The Morgan fingerprint density at radius 1 is 0.517 bits per heavy atom. The van der Waals surface area contributed by atoms with Gasteiger partial charge in [0.1, 0.15) is 37.1 Å². The number of amides is 3. The number of anilines is 3. The van der Waals surface area contributed by atoms with Crippen LogP contribution in [0.3, 0.4) is 0 Å². The third-order valence-electron chi connectivity index (χ3n) is 21.8. The third-order valence-corrected chi connectivity index (χ3v) is 29.8. The van der Waals surface area contributed by atoms with Crippen LogP contribution in [0.25, 0.3) is 32.3 Å². The highest BCUT2D eigenvalue weighted by atomic mass is 32.2.